The van der Waals surface area contributed by atoms with Crippen LogP contribution >= 0.6 is 11.8 Å². The summed E-state index contributed by atoms with van der Waals surface area (Å²) in [5.41, 5.74) is 1.93. The van der Waals surface area contributed by atoms with Crippen molar-refractivity contribution in [3.05, 3.63) is 88.5 Å². The van der Waals surface area contributed by atoms with Crippen LogP contribution in [0.3, 0.4) is 0 Å². The molecule has 176 valence electrons. The molecule has 1 amide bonds. The quantitative estimate of drug-likeness (QED) is 0.359. The Labute approximate surface area is 203 Å². The largest absolute Gasteiger partial charge is 0.495 e. The van der Waals surface area contributed by atoms with Crippen molar-refractivity contribution in [3.63, 3.8) is 0 Å². The molecule has 0 radical (unpaired) electrons. The van der Waals surface area contributed by atoms with E-state index in [0.29, 0.717) is 27.5 Å². The second-order valence-electron chi connectivity index (χ2n) is 7.77. The Morgan fingerprint density at radius 1 is 1.09 bits per heavy atom. The zero-order chi connectivity index (χ0) is 24.5. The number of carbonyl (C=O) groups is 1. The Morgan fingerprint density at radius 2 is 1.86 bits per heavy atom. The van der Waals surface area contributed by atoms with Gasteiger partial charge in [0.25, 0.3) is 5.56 Å². The number of methoxy groups -OCH3 is 1. The van der Waals surface area contributed by atoms with Crippen molar-refractivity contribution in [3.8, 4) is 11.4 Å². The van der Waals surface area contributed by atoms with Crippen LogP contribution in [0.1, 0.15) is 5.56 Å². The second-order valence-corrected chi connectivity index (χ2v) is 8.71. The van der Waals surface area contributed by atoms with E-state index in [9.17, 15) is 14.0 Å². The summed E-state index contributed by atoms with van der Waals surface area (Å²) in [6.45, 7) is 1.92. The van der Waals surface area contributed by atoms with Gasteiger partial charge in [-0.3, -0.25) is 14.0 Å². The number of nitrogens with zero attached hydrogens (tertiary/aromatic N) is 4. The van der Waals surface area contributed by atoms with Crippen LogP contribution in [-0.2, 0) is 4.79 Å². The van der Waals surface area contributed by atoms with Crippen molar-refractivity contribution >= 4 is 40.0 Å². The Hall–Kier alpha value is -4.18. The number of para-hydroxylation sites is 2. The molecule has 10 heteroatoms. The van der Waals surface area contributed by atoms with Gasteiger partial charge in [0.05, 0.1) is 35.1 Å². The number of thioether (sulfide) groups is 1. The predicted octanol–water partition coefficient (Wildman–Crippen LogP) is 4.22. The molecule has 5 aromatic rings. The minimum Gasteiger partial charge on any atom is -0.495 e. The first kappa shape index (κ1) is 22.6. The van der Waals surface area contributed by atoms with E-state index in [-0.39, 0.29) is 22.8 Å². The first-order valence-corrected chi connectivity index (χ1v) is 11.7. The van der Waals surface area contributed by atoms with E-state index < -0.39 is 11.7 Å². The monoisotopic (exact) mass is 489 g/mol. The summed E-state index contributed by atoms with van der Waals surface area (Å²) in [5.74, 6) is -0.141. The fourth-order valence-corrected chi connectivity index (χ4v) is 4.58. The van der Waals surface area contributed by atoms with Crippen molar-refractivity contribution in [2.45, 2.75) is 12.1 Å². The molecule has 0 saturated carbocycles. The summed E-state index contributed by atoms with van der Waals surface area (Å²) in [5, 5.41) is 12.0. The van der Waals surface area contributed by atoms with Gasteiger partial charge in [-0.2, -0.15) is 0 Å². The molecule has 0 aliphatic carbocycles. The average molecular weight is 490 g/mol. The maximum Gasteiger partial charge on any atom is 0.267 e. The molecule has 5 rings (SSSR count). The molecule has 0 fully saturated rings. The molecule has 0 aliphatic rings. The Balaban J connectivity index is 1.60. The van der Waals surface area contributed by atoms with E-state index in [0.717, 1.165) is 17.3 Å². The van der Waals surface area contributed by atoms with E-state index in [1.807, 2.05) is 25.1 Å². The molecule has 0 aliphatic heterocycles. The van der Waals surface area contributed by atoms with Crippen molar-refractivity contribution in [1.29, 1.82) is 0 Å². The molecule has 1 N–H and O–H groups in total. The number of halogens is 1. The topological polar surface area (TPSA) is 90.5 Å². The number of rotatable bonds is 6. The number of fused-ring (bicyclic) bond motifs is 3. The minimum atomic E-state index is -0.513. The molecule has 3 aromatic carbocycles. The van der Waals surface area contributed by atoms with E-state index in [1.54, 1.807) is 40.8 Å². The minimum absolute atomic E-state index is 0.0314. The van der Waals surface area contributed by atoms with Gasteiger partial charge < -0.3 is 10.1 Å². The Kier molecular flexibility index (Phi) is 5.96. The van der Waals surface area contributed by atoms with E-state index in [4.69, 9.17) is 4.74 Å². The average Bonchev–Trinajstić information content (AvgIpc) is 3.28. The van der Waals surface area contributed by atoms with Crippen LogP contribution in [-0.4, -0.2) is 37.9 Å². The maximum atomic E-state index is 13.9. The van der Waals surface area contributed by atoms with Crippen molar-refractivity contribution in [2.75, 3.05) is 18.2 Å². The van der Waals surface area contributed by atoms with Crippen LogP contribution < -0.4 is 15.6 Å². The number of hydrogen-bond acceptors (Lipinski definition) is 6. The highest BCUT2D eigenvalue weighted by atomic mass is 32.2. The van der Waals surface area contributed by atoms with Gasteiger partial charge in [0, 0.05) is 0 Å². The third-order valence-electron chi connectivity index (χ3n) is 5.45. The Bertz CT molecular complexity index is 1650. The highest BCUT2D eigenvalue weighted by Gasteiger charge is 2.20. The standard InChI is InChI=1S/C25H20FN5O3S/c1-15-11-12-21(34-2)20(13-15)30-23(33)16-7-3-6-10-19(16)31-24(30)28-29-25(31)35-14-22(32)27-18-9-5-4-8-17(18)26/h3-13H,14H2,1-2H3,(H,27,32). The number of hydrogen-bond donors (Lipinski definition) is 1. The van der Waals surface area contributed by atoms with Gasteiger partial charge in [0.2, 0.25) is 11.7 Å². The number of nitrogens with one attached hydrogen (secondary N) is 1. The van der Waals surface area contributed by atoms with Crippen LogP contribution in [0.5, 0.6) is 5.75 Å². The first-order valence-electron chi connectivity index (χ1n) is 10.7. The zero-order valence-electron chi connectivity index (χ0n) is 18.9. The van der Waals surface area contributed by atoms with E-state index in [1.165, 1.54) is 23.8 Å². The molecule has 2 heterocycles. The number of anilines is 1. The molecular formula is C25H20FN5O3S. The lowest BCUT2D eigenvalue weighted by Gasteiger charge is -2.14. The maximum absolute atomic E-state index is 13.9. The van der Waals surface area contributed by atoms with Gasteiger partial charge in [-0.25, -0.2) is 8.96 Å². The molecule has 8 nitrogen and oxygen atoms in total. The van der Waals surface area contributed by atoms with Crippen molar-refractivity contribution in [2.24, 2.45) is 0 Å². The summed E-state index contributed by atoms with van der Waals surface area (Å²) in [6, 6.07) is 18.6. The second kappa shape index (κ2) is 9.22. The number of ether oxygens (including phenoxy) is 1. The number of amides is 1. The lowest BCUT2D eigenvalue weighted by atomic mass is 10.2. The van der Waals surface area contributed by atoms with Crippen LogP contribution in [0.2, 0.25) is 0 Å². The van der Waals surface area contributed by atoms with Gasteiger partial charge in [-0.05, 0) is 48.9 Å². The van der Waals surface area contributed by atoms with Gasteiger partial charge in [-0.1, -0.05) is 42.1 Å². The highest BCUT2D eigenvalue weighted by molar-refractivity contribution is 7.99. The summed E-state index contributed by atoms with van der Waals surface area (Å²) in [6.07, 6.45) is 0. The number of aromatic nitrogens is 4. The molecule has 35 heavy (non-hydrogen) atoms. The fourth-order valence-electron chi connectivity index (χ4n) is 3.84. The van der Waals surface area contributed by atoms with Gasteiger partial charge in [-0.15, -0.1) is 10.2 Å². The van der Waals surface area contributed by atoms with Gasteiger partial charge in [0.15, 0.2) is 5.16 Å². The molecule has 2 aromatic heterocycles. The zero-order valence-corrected chi connectivity index (χ0v) is 19.7. The summed E-state index contributed by atoms with van der Waals surface area (Å²) >= 11 is 1.14. The predicted molar refractivity (Wildman–Crippen MR) is 133 cm³/mol. The third-order valence-corrected chi connectivity index (χ3v) is 6.38. The molecule has 0 spiro atoms. The number of carbonyl (C=O) groups excluding carboxylic acids is 1. The van der Waals surface area contributed by atoms with Gasteiger partial charge in [0.1, 0.15) is 11.6 Å². The van der Waals surface area contributed by atoms with Crippen molar-refractivity contribution in [1.82, 2.24) is 19.2 Å². The normalized spacial score (nSPS) is 11.2. The van der Waals surface area contributed by atoms with E-state index >= 15 is 0 Å². The van der Waals surface area contributed by atoms with E-state index in [2.05, 4.69) is 15.5 Å². The van der Waals surface area contributed by atoms with Crippen LogP contribution in [0, 0.1) is 12.7 Å². The summed E-state index contributed by atoms with van der Waals surface area (Å²) in [4.78, 5) is 26.0. The third kappa shape index (κ3) is 4.12. The van der Waals surface area contributed by atoms with Crippen LogP contribution in [0.4, 0.5) is 10.1 Å². The Morgan fingerprint density at radius 3 is 2.66 bits per heavy atom. The lowest BCUT2D eigenvalue weighted by molar-refractivity contribution is -0.113. The lowest BCUT2D eigenvalue weighted by Crippen LogP contribution is -2.22. The summed E-state index contributed by atoms with van der Waals surface area (Å²) < 4.78 is 22.6. The molecule has 0 saturated heterocycles. The number of aryl methyl sites for hydroxylation is 1. The summed E-state index contributed by atoms with van der Waals surface area (Å²) in [7, 11) is 1.54. The molecule has 0 bridgehead atoms. The molecule has 0 atom stereocenters. The molecule has 0 unspecified atom stereocenters. The fraction of sp³-hybridized carbons (Fsp3) is 0.120. The first-order chi connectivity index (χ1) is 17.0. The van der Waals surface area contributed by atoms with Crippen LogP contribution in [0.15, 0.2) is 76.7 Å². The van der Waals surface area contributed by atoms with Gasteiger partial charge >= 0.3 is 0 Å². The highest BCUT2D eigenvalue weighted by Crippen LogP contribution is 2.28. The number of benzene rings is 3. The molecular weight excluding hydrogens is 469 g/mol. The van der Waals surface area contributed by atoms with Crippen molar-refractivity contribution < 1.29 is 13.9 Å². The smallest absolute Gasteiger partial charge is 0.267 e. The van der Waals surface area contributed by atoms with Crippen LogP contribution in [0.25, 0.3) is 22.4 Å². The SMILES string of the molecule is COc1ccc(C)cc1-n1c(=O)c2ccccc2n2c(SCC(=O)Nc3ccccc3F)nnc12.